The number of allylic oxidation sites excluding steroid dienone is 2. The second-order valence-corrected chi connectivity index (χ2v) is 3.77. The monoisotopic (exact) mass is 282 g/mol. The lowest BCUT2D eigenvalue weighted by Crippen LogP contribution is -2.49. The molecule has 0 radical (unpaired) electrons. The third-order valence-electron chi connectivity index (χ3n) is 2.28. The van der Waals surface area contributed by atoms with E-state index < -0.39 is 12.1 Å². The van der Waals surface area contributed by atoms with E-state index >= 15 is 0 Å². The van der Waals surface area contributed by atoms with Crippen LogP contribution in [0.15, 0.2) is 37.0 Å². The Morgan fingerprint density at radius 2 is 2.05 bits per heavy atom. The number of nitrogens with one attached hydrogen (secondary N) is 2. The minimum absolute atomic E-state index is 0.0548. The molecule has 0 spiro atoms. The first-order valence-corrected chi connectivity index (χ1v) is 6.22. The third-order valence-corrected chi connectivity index (χ3v) is 2.28. The maximum atomic E-state index is 11.9. The van der Waals surface area contributed by atoms with Gasteiger partial charge in [0.2, 0.25) is 5.91 Å². The van der Waals surface area contributed by atoms with E-state index in [1.165, 1.54) is 7.11 Å². The van der Waals surface area contributed by atoms with E-state index in [9.17, 15) is 9.59 Å². The van der Waals surface area contributed by atoms with Crippen LogP contribution in [-0.4, -0.2) is 44.9 Å². The zero-order chi connectivity index (χ0) is 15.4. The van der Waals surface area contributed by atoms with E-state index in [4.69, 9.17) is 9.47 Å². The highest BCUT2D eigenvalue weighted by Gasteiger charge is 2.20. The molecule has 1 atom stereocenters. The number of methoxy groups -OCH3 is 1. The number of rotatable bonds is 9. The van der Waals surface area contributed by atoms with Crippen molar-refractivity contribution < 1.29 is 19.1 Å². The lowest BCUT2D eigenvalue weighted by molar-refractivity contribution is -0.124. The summed E-state index contributed by atoms with van der Waals surface area (Å²) >= 11 is 0. The first kappa shape index (κ1) is 17.9. The average Bonchev–Trinajstić information content (AvgIpc) is 2.42. The van der Waals surface area contributed by atoms with Gasteiger partial charge in [-0.1, -0.05) is 31.4 Å². The SMILES string of the molecule is C=C/C=C(\C=C)CNC(=O)C(COC)NC(=O)OCC. The summed E-state index contributed by atoms with van der Waals surface area (Å²) in [5.41, 5.74) is 0.806. The van der Waals surface area contributed by atoms with Crippen LogP contribution in [0.2, 0.25) is 0 Å². The molecule has 0 aliphatic heterocycles. The third kappa shape index (κ3) is 7.38. The molecule has 20 heavy (non-hydrogen) atoms. The summed E-state index contributed by atoms with van der Waals surface area (Å²) in [6.45, 7) is 9.46. The fourth-order valence-corrected chi connectivity index (χ4v) is 1.33. The number of hydrogen-bond donors (Lipinski definition) is 2. The van der Waals surface area contributed by atoms with Gasteiger partial charge >= 0.3 is 6.09 Å². The molecule has 0 saturated heterocycles. The van der Waals surface area contributed by atoms with Crippen molar-refractivity contribution in [3.05, 3.63) is 37.0 Å². The summed E-state index contributed by atoms with van der Waals surface area (Å²) in [7, 11) is 1.44. The van der Waals surface area contributed by atoms with Gasteiger partial charge in [0.15, 0.2) is 0 Å². The Hall–Kier alpha value is -2.08. The van der Waals surface area contributed by atoms with Crippen molar-refractivity contribution in [3.63, 3.8) is 0 Å². The van der Waals surface area contributed by atoms with Crippen LogP contribution in [0.5, 0.6) is 0 Å². The van der Waals surface area contributed by atoms with Crippen molar-refractivity contribution in [1.29, 1.82) is 0 Å². The highest BCUT2D eigenvalue weighted by atomic mass is 16.5. The molecule has 0 aliphatic carbocycles. The van der Waals surface area contributed by atoms with Gasteiger partial charge in [-0.05, 0) is 12.5 Å². The molecule has 0 rings (SSSR count). The van der Waals surface area contributed by atoms with E-state index in [0.717, 1.165) is 5.57 Å². The molecule has 112 valence electrons. The molecule has 0 saturated carbocycles. The summed E-state index contributed by atoms with van der Waals surface area (Å²) in [6.07, 6.45) is 4.30. The maximum absolute atomic E-state index is 11.9. The molecular weight excluding hydrogens is 260 g/mol. The topological polar surface area (TPSA) is 76.7 Å². The smallest absolute Gasteiger partial charge is 0.407 e. The first-order valence-electron chi connectivity index (χ1n) is 6.22. The van der Waals surface area contributed by atoms with Gasteiger partial charge in [0.25, 0.3) is 0 Å². The van der Waals surface area contributed by atoms with Crippen LogP contribution >= 0.6 is 0 Å². The molecule has 0 aliphatic rings. The van der Waals surface area contributed by atoms with E-state index in [1.807, 2.05) is 0 Å². The maximum Gasteiger partial charge on any atom is 0.407 e. The van der Waals surface area contributed by atoms with E-state index in [1.54, 1.807) is 25.2 Å². The molecule has 0 bridgehead atoms. The second-order valence-electron chi connectivity index (χ2n) is 3.77. The number of carbonyl (C=O) groups is 2. The van der Waals surface area contributed by atoms with Crippen LogP contribution in [0, 0.1) is 0 Å². The molecule has 2 amide bonds. The number of amides is 2. The first-order chi connectivity index (χ1) is 9.58. The van der Waals surface area contributed by atoms with Crippen molar-refractivity contribution in [2.24, 2.45) is 0 Å². The van der Waals surface area contributed by atoms with Gasteiger partial charge in [-0.15, -0.1) is 0 Å². The van der Waals surface area contributed by atoms with Gasteiger partial charge in [-0.3, -0.25) is 4.79 Å². The summed E-state index contributed by atoms with van der Waals surface area (Å²) in [5, 5.41) is 5.10. The van der Waals surface area contributed by atoms with Crippen LogP contribution in [0.25, 0.3) is 0 Å². The van der Waals surface area contributed by atoms with Crippen molar-refractivity contribution in [3.8, 4) is 0 Å². The number of ether oxygens (including phenoxy) is 2. The Kier molecular flexibility index (Phi) is 9.68. The molecule has 0 aromatic heterocycles. The van der Waals surface area contributed by atoms with E-state index in [-0.39, 0.29) is 19.1 Å². The standard InChI is InChI=1S/C14H22N2O4/c1-5-8-11(6-2)9-15-13(17)12(10-19-4)16-14(18)20-7-3/h5-6,8,12H,1-2,7,9-10H2,3-4H3,(H,15,17)(H,16,18)/b11-8+. The van der Waals surface area contributed by atoms with Crippen molar-refractivity contribution in [1.82, 2.24) is 10.6 Å². The van der Waals surface area contributed by atoms with Crippen LogP contribution < -0.4 is 10.6 Å². The molecule has 6 nitrogen and oxygen atoms in total. The van der Waals surface area contributed by atoms with Crippen molar-refractivity contribution in [2.45, 2.75) is 13.0 Å². The largest absolute Gasteiger partial charge is 0.450 e. The molecule has 6 heteroatoms. The van der Waals surface area contributed by atoms with Crippen molar-refractivity contribution >= 4 is 12.0 Å². The minimum atomic E-state index is -0.811. The van der Waals surface area contributed by atoms with Gasteiger partial charge in [0.05, 0.1) is 13.2 Å². The van der Waals surface area contributed by atoms with Crippen LogP contribution in [0.1, 0.15) is 6.92 Å². The zero-order valence-corrected chi connectivity index (χ0v) is 12.0. The molecule has 0 heterocycles. The fourth-order valence-electron chi connectivity index (χ4n) is 1.33. The summed E-state index contributed by atoms with van der Waals surface area (Å²) in [4.78, 5) is 23.3. The average molecular weight is 282 g/mol. The second kappa shape index (κ2) is 10.8. The molecule has 0 aromatic carbocycles. The molecular formula is C14H22N2O4. The van der Waals surface area contributed by atoms with E-state index in [0.29, 0.717) is 6.54 Å². The molecule has 1 unspecified atom stereocenters. The highest BCUT2D eigenvalue weighted by molar-refractivity contribution is 5.85. The zero-order valence-electron chi connectivity index (χ0n) is 12.0. The Labute approximate surface area is 119 Å². The number of alkyl carbamates (subject to hydrolysis) is 1. The summed E-state index contributed by atoms with van der Waals surface area (Å²) < 4.78 is 9.63. The predicted octanol–water partition coefficient (Wildman–Crippen LogP) is 1.16. The van der Waals surface area contributed by atoms with Crippen molar-refractivity contribution in [2.75, 3.05) is 26.9 Å². The predicted molar refractivity (Wildman–Crippen MR) is 77.3 cm³/mol. The summed E-state index contributed by atoms with van der Waals surface area (Å²) in [6, 6.07) is -0.811. The van der Waals surface area contributed by atoms with Gasteiger partial charge in [-0.2, -0.15) is 0 Å². The van der Waals surface area contributed by atoms with Crippen LogP contribution in [-0.2, 0) is 14.3 Å². The Morgan fingerprint density at radius 1 is 1.35 bits per heavy atom. The molecule has 0 aromatic rings. The normalized spacial score (nSPS) is 12.2. The fraction of sp³-hybridized carbons (Fsp3) is 0.429. The molecule has 0 fully saturated rings. The Balaban J connectivity index is 4.48. The van der Waals surface area contributed by atoms with Gasteiger partial charge in [-0.25, -0.2) is 4.79 Å². The number of carbonyl (C=O) groups excluding carboxylic acids is 2. The lowest BCUT2D eigenvalue weighted by atomic mass is 10.2. The molecule has 2 N–H and O–H groups in total. The lowest BCUT2D eigenvalue weighted by Gasteiger charge is -2.17. The minimum Gasteiger partial charge on any atom is -0.450 e. The summed E-state index contributed by atoms with van der Waals surface area (Å²) in [5.74, 6) is -0.364. The van der Waals surface area contributed by atoms with Crippen LogP contribution in [0.4, 0.5) is 4.79 Å². The van der Waals surface area contributed by atoms with Gasteiger partial charge < -0.3 is 20.1 Å². The quantitative estimate of drug-likeness (QED) is 0.622. The van der Waals surface area contributed by atoms with Crippen LogP contribution in [0.3, 0.4) is 0 Å². The Morgan fingerprint density at radius 3 is 2.55 bits per heavy atom. The highest BCUT2D eigenvalue weighted by Crippen LogP contribution is 1.95. The Bertz CT molecular complexity index is 377. The number of hydrogen-bond acceptors (Lipinski definition) is 4. The van der Waals surface area contributed by atoms with Gasteiger partial charge in [0, 0.05) is 13.7 Å². The van der Waals surface area contributed by atoms with Gasteiger partial charge in [0.1, 0.15) is 6.04 Å². The van der Waals surface area contributed by atoms with E-state index in [2.05, 4.69) is 23.8 Å².